The fourth-order valence-corrected chi connectivity index (χ4v) is 4.12. The number of halogens is 1. The molecule has 0 radical (unpaired) electrons. The molecule has 0 bridgehead atoms. The van der Waals surface area contributed by atoms with Gasteiger partial charge in [0.15, 0.2) is 9.84 Å². The Morgan fingerprint density at radius 2 is 1.90 bits per heavy atom. The highest BCUT2D eigenvalue weighted by Crippen LogP contribution is 2.45. The maximum Gasteiger partial charge on any atom is 0.179 e. The second-order valence-electron chi connectivity index (χ2n) is 5.80. The van der Waals surface area contributed by atoms with Crippen molar-refractivity contribution in [3.8, 4) is 5.75 Å². The molecule has 1 aromatic rings. The van der Waals surface area contributed by atoms with Crippen molar-refractivity contribution in [1.29, 1.82) is 0 Å². The van der Waals surface area contributed by atoms with Crippen molar-refractivity contribution in [3.63, 3.8) is 0 Å². The van der Waals surface area contributed by atoms with Crippen molar-refractivity contribution in [1.82, 2.24) is 0 Å². The van der Waals surface area contributed by atoms with Crippen LogP contribution in [0.25, 0.3) is 0 Å². The smallest absolute Gasteiger partial charge is 0.179 e. The standard InChI is InChI=1S/C15H22FNO3S/c1-20-14-12(15(10-17)6-4-3-5-7-15)8-11(16)9-13(14)21(2,18)19/h8-9H,3-7,10,17H2,1-2H3. The number of rotatable bonds is 4. The molecule has 0 aliphatic heterocycles. The largest absolute Gasteiger partial charge is 0.495 e. The Hall–Kier alpha value is -1.14. The van der Waals surface area contributed by atoms with Crippen LogP contribution in [0.1, 0.15) is 37.7 Å². The van der Waals surface area contributed by atoms with Gasteiger partial charge in [-0.25, -0.2) is 12.8 Å². The third-order valence-corrected chi connectivity index (χ3v) is 5.50. The molecular formula is C15H22FNO3S. The zero-order chi connectivity index (χ0) is 15.7. The van der Waals surface area contributed by atoms with E-state index >= 15 is 0 Å². The highest BCUT2D eigenvalue weighted by molar-refractivity contribution is 7.90. The van der Waals surface area contributed by atoms with Crippen molar-refractivity contribution in [2.24, 2.45) is 5.73 Å². The summed E-state index contributed by atoms with van der Waals surface area (Å²) in [6.07, 6.45) is 5.84. The molecule has 0 amide bonds. The first kappa shape index (κ1) is 16.2. The molecule has 118 valence electrons. The molecule has 21 heavy (non-hydrogen) atoms. The van der Waals surface area contributed by atoms with Crippen LogP contribution < -0.4 is 10.5 Å². The first-order chi connectivity index (χ1) is 9.84. The predicted molar refractivity (Wildman–Crippen MR) is 79.9 cm³/mol. The minimum absolute atomic E-state index is 0.0987. The topological polar surface area (TPSA) is 69.4 Å². The van der Waals surface area contributed by atoms with E-state index in [1.807, 2.05) is 0 Å². The number of hydrogen-bond donors (Lipinski definition) is 1. The van der Waals surface area contributed by atoms with E-state index in [1.165, 1.54) is 13.2 Å². The molecule has 0 spiro atoms. The van der Waals surface area contributed by atoms with E-state index in [9.17, 15) is 12.8 Å². The maximum atomic E-state index is 14.0. The van der Waals surface area contributed by atoms with Crippen LogP contribution in [0, 0.1) is 5.82 Å². The molecule has 1 aromatic carbocycles. The first-order valence-corrected chi connectivity index (χ1v) is 9.01. The summed E-state index contributed by atoms with van der Waals surface area (Å²) in [6, 6.07) is 2.40. The average molecular weight is 315 g/mol. The summed E-state index contributed by atoms with van der Waals surface area (Å²) < 4.78 is 43.1. The number of methoxy groups -OCH3 is 1. The van der Waals surface area contributed by atoms with E-state index in [0.29, 0.717) is 12.1 Å². The van der Waals surface area contributed by atoms with Gasteiger partial charge in [0.05, 0.1) is 7.11 Å². The van der Waals surface area contributed by atoms with Gasteiger partial charge in [-0.2, -0.15) is 0 Å². The first-order valence-electron chi connectivity index (χ1n) is 7.12. The quantitative estimate of drug-likeness (QED) is 0.926. The second kappa shape index (κ2) is 5.93. The Labute approximate surface area is 125 Å². The molecule has 1 aliphatic carbocycles. The molecular weight excluding hydrogens is 293 g/mol. The third kappa shape index (κ3) is 3.06. The summed E-state index contributed by atoms with van der Waals surface area (Å²) >= 11 is 0. The SMILES string of the molecule is COc1c(C2(CN)CCCCC2)cc(F)cc1S(C)(=O)=O. The lowest BCUT2D eigenvalue weighted by Crippen LogP contribution is -2.37. The monoisotopic (exact) mass is 315 g/mol. The number of sulfone groups is 1. The fraction of sp³-hybridized carbons (Fsp3) is 0.600. The Morgan fingerprint density at radius 1 is 1.29 bits per heavy atom. The Bertz CT molecular complexity index is 622. The molecule has 0 heterocycles. The summed E-state index contributed by atoms with van der Waals surface area (Å²) in [4.78, 5) is -0.0987. The summed E-state index contributed by atoms with van der Waals surface area (Å²) in [7, 11) is -2.15. The van der Waals surface area contributed by atoms with Gasteiger partial charge in [0, 0.05) is 23.8 Å². The average Bonchev–Trinajstić information content (AvgIpc) is 2.46. The van der Waals surface area contributed by atoms with Gasteiger partial charge in [-0.15, -0.1) is 0 Å². The van der Waals surface area contributed by atoms with Crippen LogP contribution in [0.2, 0.25) is 0 Å². The van der Waals surface area contributed by atoms with Crippen molar-refractivity contribution >= 4 is 9.84 Å². The number of hydrogen-bond acceptors (Lipinski definition) is 4. The maximum absolute atomic E-state index is 14.0. The summed E-state index contributed by atoms with van der Waals surface area (Å²) in [5, 5.41) is 0. The van der Waals surface area contributed by atoms with Crippen LogP contribution in [0.4, 0.5) is 4.39 Å². The molecule has 2 rings (SSSR count). The minimum atomic E-state index is -3.57. The Morgan fingerprint density at radius 3 is 2.38 bits per heavy atom. The van der Waals surface area contributed by atoms with Gasteiger partial charge in [-0.05, 0) is 25.0 Å². The van der Waals surface area contributed by atoms with Crippen molar-refractivity contribution in [3.05, 3.63) is 23.5 Å². The van der Waals surface area contributed by atoms with Crippen LogP contribution in [0.3, 0.4) is 0 Å². The minimum Gasteiger partial charge on any atom is -0.495 e. The predicted octanol–water partition coefficient (Wildman–Crippen LogP) is 2.40. The fourth-order valence-electron chi connectivity index (χ4n) is 3.26. The molecule has 0 aromatic heterocycles. The second-order valence-corrected chi connectivity index (χ2v) is 7.79. The highest BCUT2D eigenvalue weighted by Gasteiger charge is 2.37. The summed E-state index contributed by atoms with van der Waals surface area (Å²) in [5.74, 6) is -0.323. The van der Waals surface area contributed by atoms with Crippen LogP contribution in [0.5, 0.6) is 5.75 Å². The van der Waals surface area contributed by atoms with Gasteiger partial charge in [0.25, 0.3) is 0 Å². The van der Waals surface area contributed by atoms with Gasteiger partial charge in [-0.3, -0.25) is 0 Å². The van der Waals surface area contributed by atoms with Gasteiger partial charge < -0.3 is 10.5 Å². The van der Waals surface area contributed by atoms with E-state index in [4.69, 9.17) is 10.5 Å². The number of nitrogens with two attached hydrogens (primary N) is 1. The Balaban J connectivity index is 2.70. The molecule has 6 heteroatoms. The summed E-state index contributed by atoms with van der Waals surface area (Å²) in [5.41, 5.74) is 6.17. The van der Waals surface area contributed by atoms with Gasteiger partial charge in [0.2, 0.25) is 0 Å². The van der Waals surface area contributed by atoms with Gasteiger partial charge >= 0.3 is 0 Å². The van der Waals surface area contributed by atoms with Crippen molar-refractivity contribution in [2.75, 3.05) is 19.9 Å². The van der Waals surface area contributed by atoms with E-state index in [0.717, 1.165) is 44.4 Å². The molecule has 1 fully saturated rings. The molecule has 1 saturated carbocycles. The molecule has 0 unspecified atom stereocenters. The van der Waals surface area contributed by atoms with Crippen LogP contribution in [-0.2, 0) is 15.3 Å². The zero-order valence-corrected chi connectivity index (χ0v) is 13.3. The zero-order valence-electron chi connectivity index (χ0n) is 12.5. The van der Waals surface area contributed by atoms with Crippen molar-refractivity contribution in [2.45, 2.75) is 42.4 Å². The molecule has 2 N–H and O–H groups in total. The van der Waals surface area contributed by atoms with E-state index in [1.54, 1.807) is 0 Å². The molecule has 0 saturated heterocycles. The van der Waals surface area contributed by atoms with Crippen LogP contribution in [0.15, 0.2) is 17.0 Å². The lowest BCUT2D eigenvalue weighted by molar-refractivity contribution is 0.284. The van der Waals surface area contributed by atoms with Gasteiger partial charge in [-0.1, -0.05) is 19.3 Å². The highest BCUT2D eigenvalue weighted by atomic mass is 32.2. The third-order valence-electron chi connectivity index (χ3n) is 4.40. The van der Waals surface area contributed by atoms with E-state index in [2.05, 4.69) is 0 Å². The van der Waals surface area contributed by atoms with E-state index in [-0.39, 0.29) is 10.6 Å². The summed E-state index contributed by atoms with van der Waals surface area (Å²) in [6.45, 7) is 0.357. The van der Waals surface area contributed by atoms with Crippen LogP contribution >= 0.6 is 0 Å². The van der Waals surface area contributed by atoms with E-state index < -0.39 is 21.1 Å². The lowest BCUT2D eigenvalue weighted by atomic mass is 9.69. The molecule has 0 atom stereocenters. The number of benzene rings is 1. The Kier molecular flexibility index (Phi) is 4.58. The molecule has 1 aliphatic rings. The van der Waals surface area contributed by atoms with Crippen LogP contribution in [-0.4, -0.2) is 28.3 Å². The normalized spacial score (nSPS) is 18.5. The number of ether oxygens (including phenoxy) is 1. The lowest BCUT2D eigenvalue weighted by Gasteiger charge is -2.38. The molecule has 4 nitrogen and oxygen atoms in total. The van der Waals surface area contributed by atoms with Gasteiger partial charge in [0.1, 0.15) is 16.5 Å². The van der Waals surface area contributed by atoms with Crippen molar-refractivity contribution < 1.29 is 17.5 Å².